The maximum atomic E-state index is 13.7. The first-order valence-corrected chi connectivity index (χ1v) is 13.0. The van der Waals surface area contributed by atoms with Crippen molar-refractivity contribution in [1.82, 2.24) is 9.80 Å². The summed E-state index contributed by atoms with van der Waals surface area (Å²) in [5.74, 6) is 1.48. The van der Waals surface area contributed by atoms with Crippen molar-refractivity contribution in [3.05, 3.63) is 59.2 Å². The number of ketones is 1. The summed E-state index contributed by atoms with van der Waals surface area (Å²) in [5, 5.41) is 0. The van der Waals surface area contributed by atoms with Crippen LogP contribution in [0.1, 0.15) is 54.6 Å². The first-order valence-electron chi connectivity index (χ1n) is 13.0. The van der Waals surface area contributed by atoms with Crippen molar-refractivity contribution in [2.75, 3.05) is 26.3 Å². The van der Waals surface area contributed by atoms with E-state index in [4.69, 9.17) is 9.47 Å². The number of hydrogen-bond donors (Lipinski definition) is 0. The Morgan fingerprint density at radius 2 is 1.64 bits per heavy atom. The van der Waals surface area contributed by atoms with Gasteiger partial charge in [-0.3, -0.25) is 14.4 Å². The molecule has 2 aromatic carbocycles. The molecule has 7 nitrogen and oxygen atoms in total. The number of rotatable bonds is 5. The van der Waals surface area contributed by atoms with Gasteiger partial charge in [0.1, 0.15) is 19.3 Å². The van der Waals surface area contributed by atoms with Crippen LogP contribution in [0.25, 0.3) is 0 Å². The molecule has 36 heavy (non-hydrogen) atoms. The highest BCUT2D eigenvalue weighted by atomic mass is 16.6. The quantitative estimate of drug-likeness (QED) is 0.595. The molecule has 3 heterocycles. The predicted molar refractivity (Wildman–Crippen MR) is 135 cm³/mol. The molecule has 1 fully saturated rings. The number of benzene rings is 2. The number of amides is 2. The van der Waals surface area contributed by atoms with Gasteiger partial charge in [0.05, 0.1) is 0 Å². The van der Waals surface area contributed by atoms with Crippen LogP contribution in [0.5, 0.6) is 11.5 Å². The molecular weight excluding hydrogens is 456 g/mol. The number of piperidine rings is 1. The maximum Gasteiger partial charge on any atom is 0.245 e. The minimum atomic E-state index is -0.490. The van der Waals surface area contributed by atoms with E-state index >= 15 is 0 Å². The maximum absolute atomic E-state index is 13.7. The van der Waals surface area contributed by atoms with Crippen LogP contribution in [0.4, 0.5) is 0 Å². The minimum Gasteiger partial charge on any atom is -0.486 e. The highest BCUT2D eigenvalue weighted by Crippen LogP contribution is 2.33. The number of ether oxygens (including phenoxy) is 2. The highest BCUT2D eigenvalue weighted by Gasteiger charge is 2.38. The van der Waals surface area contributed by atoms with E-state index in [2.05, 4.69) is 6.07 Å². The lowest BCUT2D eigenvalue weighted by Crippen LogP contribution is -2.55. The molecule has 0 saturated carbocycles. The van der Waals surface area contributed by atoms with E-state index in [0.717, 1.165) is 11.1 Å². The first-order chi connectivity index (χ1) is 17.4. The number of hydrogen-bond acceptors (Lipinski definition) is 5. The standard InChI is InChI=1S/C29H34N2O5/c1-19(2)15-27(32)31-18-23-6-4-3-5-21(23)16-24(31)29(34)30-11-9-20(10-12-30)28(33)22-7-8-25-26(17-22)36-14-13-35-25/h3-8,17,19-20,24H,9-16,18H2,1-2H3. The lowest BCUT2D eigenvalue weighted by molar-refractivity contribution is -0.148. The zero-order chi connectivity index (χ0) is 25.2. The van der Waals surface area contributed by atoms with Crippen molar-refractivity contribution >= 4 is 17.6 Å². The third kappa shape index (κ3) is 4.97. The van der Waals surface area contributed by atoms with Crippen molar-refractivity contribution in [1.29, 1.82) is 0 Å². The van der Waals surface area contributed by atoms with Gasteiger partial charge in [0.15, 0.2) is 17.3 Å². The topological polar surface area (TPSA) is 76.2 Å². The Kier molecular flexibility index (Phi) is 6.99. The number of nitrogens with zero attached hydrogens (tertiary/aromatic N) is 2. The monoisotopic (exact) mass is 490 g/mol. The average Bonchev–Trinajstić information content (AvgIpc) is 2.91. The van der Waals surface area contributed by atoms with E-state index in [1.165, 1.54) is 0 Å². The summed E-state index contributed by atoms with van der Waals surface area (Å²) >= 11 is 0. The molecule has 2 aromatic rings. The second-order valence-electron chi connectivity index (χ2n) is 10.4. The van der Waals surface area contributed by atoms with Crippen molar-refractivity contribution < 1.29 is 23.9 Å². The molecule has 0 aromatic heterocycles. The number of Topliss-reactive ketones (excluding diaryl/α,β-unsaturated/α-hetero) is 1. The molecule has 2 amide bonds. The van der Waals surface area contributed by atoms with Crippen LogP contribution in [0.15, 0.2) is 42.5 Å². The summed E-state index contributed by atoms with van der Waals surface area (Å²) in [7, 11) is 0. The van der Waals surface area contributed by atoms with Gasteiger partial charge in [0.25, 0.3) is 0 Å². The smallest absolute Gasteiger partial charge is 0.245 e. The minimum absolute atomic E-state index is 0.00756. The molecule has 3 aliphatic heterocycles. The Hall–Kier alpha value is -3.35. The van der Waals surface area contributed by atoms with E-state index in [-0.39, 0.29) is 29.4 Å². The van der Waals surface area contributed by atoms with Crippen molar-refractivity contribution in [2.24, 2.45) is 11.8 Å². The average molecular weight is 491 g/mol. The third-order valence-electron chi connectivity index (χ3n) is 7.44. The molecule has 190 valence electrons. The third-order valence-corrected chi connectivity index (χ3v) is 7.44. The van der Waals surface area contributed by atoms with Gasteiger partial charge < -0.3 is 19.3 Å². The number of fused-ring (bicyclic) bond motifs is 2. The normalized spacial score (nSPS) is 19.7. The zero-order valence-electron chi connectivity index (χ0n) is 21.1. The van der Waals surface area contributed by atoms with Gasteiger partial charge in [0, 0.05) is 44.0 Å². The predicted octanol–water partition coefficient (Wildman–Crippen LogP) is 3.88. The Bertz CT molecular complexity index is 1150. The fourth-order valence-corrected chi connectivity index (χ4v) is 5.48. The molecule has 0 radical (unpaired) electrons. The van der Waals surface area contributed by atoms with Gasteiger partial charge in [-0.05, 0) is 48.1 Å². The van der Waals surface area contributed by atoms with Crippen molar-refractivity contribution in [2.45, 2.75) is 52.1 Å². The summed E-state index contributed by atoms with van der Waals surface area (Å²) in [6, 6.07) is 12.9. The van der Waals surface area contributed by atoms with E-state index in [1.807, 2.05) is 36.9 Å². The van der Waals surface area contributed by atoms with E-state index in [9.17, 15) is 14.4 Å². The first kappa shape index (κ1) is 24.3. The van der Waals surface area contributed by atoms with Gasteiger partial charge in [-0.15, -0.1) is 0 Å². The van der Waals surface area contributed by atoms with E-state index in [1.54, 1.807) is 23.1 Å². The van der Waals surface area contributed by atoms with Gasteiger partial charge in [-0.1, -0.05) is 38.1 Å². The molecule has 1 atom stereocenters. The van der Waals surface area contributed by atoms with Crippen molar-refractivity contribution in [3.8, 4) is 11.5 Å². The van der Waals surface area contributed by atoms with Crippen molar-refractivity contribution in [3.63, 3.8) is 0 Å². The second kappa shape index (κ2) is 10.3. The fraction of sp³-hybridized carbons (Fsp3) is 0.483. The van der Waals surface area contributed by atoms with Crippen LogP contribution in [0.2, 0.25) is 0 Å². The lowest BCUT2D eigenvalue weighted by atomic mass is 9.87. The van der Waals surface area contributed by atoms with Gasteiger partial charge in [0.2, 0.25) is 11.8 Å². The van der Waals surface area contributed by atoms with Crippen LogP contribution in [0.3, 0.4) is 0 Å². The Morgan fingerprint density at radius 3 is 2.36 bits per heavy atom. The number of likely N-dealkylation sites (tertiary alicyclic amines) is 1. The summed E-state index contributed by atoms with van der Waals surface area (Å²) in [4.78, 5) is 43.6. The van der Waals surface area contributed by atoms with Gasteiger partial charge >= 0.3 is 0 Å². The van der Waals surface area contributed by atoms with E-state index in [0.29, 0.717) is 75.6 Å². The summed E-state index contributed by atoms with van der Waals surface area (Å²) < 4.78 is 11.2. The molecular formula is C29H34N2O5. The molecule has 0 N–H and O–H groups in total. The van der Waals surface area contributed by atoms with Crippen LogP contribution in [-0.2, 0) is 22.6 Å². The summed E-state index contributed by atoms with van der Waals surface area (Å²) in [5.41, 5.74) is 2.87. The lowest BCUT2D eigenvalue weighted by Gasteiger charge is -2.40. The summed E-state index contributed by atoms with van der Waals surface area (Å²) in [6.45, 7) is 6.55. The van der Waals surface area contributed by atoms with Crippen LogP contribution < -0.4 is 9.47 Å². The summed E-state index contributed by atoms with van der Waals surface area (Å²) in [6.07, 6.45) is 2.19. The fourth-order valence-electron chi connectivity index (χ4n) is 5.48. The molecule has 1 saturated heterocycles. The molecule has 1 unspecified atom stereocenters. The number of carbonyl (C=O) groups excluding carboxylic acids is 3. The zero-order valence-corrected chi connectivity index (χ0v) is 21.1. The van der Waals surface area contributed by atoms with Crippen LogP contribution >= 0.6 is 0 Å². The number of carbonyl (C=O) groups is 3. The van der Waals surface area contributed by atoms with Gasteiger partial charge in [-0.25, -0.2) is 0 Å². The Morgan fingerprint density at radius 1 is 0.944 bits per heavy atom. The van der Waals surface area contributed by atoms with Crippen LogP contribution in [0, 0.1) is 11.8 Å². The molecule has 0 spiro atoms. The highest BCUT2D eigenvalue weighted by molar-refractivity contribution is 5.98. The molecule has 0 aliphatic carbocycles. The molecule has 7 heteroatoms. The van der Waals surface area contributed by atoms with Crippen LogP contribution in [-0.4, -0.2) is 59.7 Å². The molecule has 5 rings (SSSR count). The SMILES string of the molecule is CC(C)CC(=O)N1Cc2ccccc2CC1C(=O)N1CCC(C(=O)c2ccc3c(c2)OCCO3)CC1. The molecule has 0 bridgehead atoms. The van der Waals surface area contributed by atoms with Gasteiger partial charge in [-0.2, -0.15) is 0 Å². The Labute approximate surface area is 212 Å². The largest absolute Gasteiger partial charge is 0.486 e. The van der Waals surface area contributed by atoms with E-state index < -0.39 is 6.04 Å². The molecule has 3 aliphatic rings. The second-order valence-corrected chi connectivity index (χ2v) is 10.4. The Balaban J connectivity index is 1.26.